The van der Waals surface area contributed by atoms with Crippen LogP contribution in [0, 0.1) is 13.8 Å². The van der Waals surface area contributed by atoms with Crippen molar-refractivity contribution in [3.63, 3.8) is 0 Å². The summed E-state index contributed by atoms with van der Waals surface area (Å²) < 4.78 is 39.3. The second-order valence-electron chi connectivity index (χ2n) is 5.73. The SMILES string of the molecule is Cc1cc(C)n(CCCNC(=O)Cc2ccc(C(F)(F)F)cc2)n1. The summed E-state index contributed by atoms with van der Waals surface area (Å²) in [6.07, 6.45) is -3.55. The minimum atomic E-state index is -4.36. The van der Waals surface area contributed by atoms with Gasteiger partial charge in [0.25, 0.3) is 0 Å². The van der Waals surface area contributed by atoms with Crippen molar-refractivity contribution in [2.24, 2.45) is 0 Å². The molecule has 0 unspecified atom stereocenters. The number of carbonyl (C=O) groups excluding carboxylic acids is 1. The number of amides is 1. The van der Waals surface area contributed by atoms with Gasteiger partial charge >= 0.3 is 6.18 Å². The highest BCUT2D eigenvalue weighted by molar-refractivity contribution is 5.78. The van der Waals surface area contributed by atoms with Gasteiger partial charge in [-0.3, -0.25) is 9.48 Å². The molecule has 0 radical (unpaired) electrons. The van der Waals surface area contributed by atoms with Crippen molar-refractivity contribution in [2.45, 2.75) is 39.4 Å². The van der Waals surface area contributed by atoms with Crippen LogP contribution in [0.5, 0.6) is 0 Å². The van der Waals surface area contributed by atoms with Crippen molar-refractivity contribution in [1.82, 2.24) is 15.1 Å². The molecule has 4 nitrogen and oxygen atoms in total. The van der Waals surface area contributed by atoms with Crippen molar-refractivity contribution < 1.29 is 18.0 Å². The maximum atomic E-state index is 12.5. The molecule has 0 spiro atoms. The highest BCUT2D eigenvalue weighted by Crippen LogP contribution is 2.29. The molecule has 0 saturated carbocycles. The molecule has 2 aromatic rings. The second-order valence-corrected chi connectivity index (χ2v) is 5.73. The van der Waals surface area contributed by atoms with Gasteiger partial charge in [-0.15, -0.1) is 0 Å². The van der Waals surface area contributed by atoms with Crippen molar-refractivity contribution in [3.8, 4) is 0 Å². The number of nitrogens with one attached hydrogen (secondary N) is 1. The van der Waals surface area contributed by atoms with Crippen LogP contribution < -0.4 is 5.32 Å². The Labute approximate surface area is 138 Å². The van der Waals surface area contributed by atoms with E-state index in [1.807, 2.05) is 24.6 Å². The number of aryl methyl sites for hydroxylation is 3. The van der Waals surface area contributed by atoms with Crippen LogP contribution in [0.2, 0.25) is 0 Å². The number of hydrogen-bond acceptors (Lipinski definition) is 2. The van der Waals surface area contributed by atoms with Gasteiger partial charge in [-0.05, 0) is 44.0 Å². The molecule has 1 aromatic carbocycles. The summed E-state index contributed by atoms with van der Waals surface area (Å²) in [5, 5.41) is 7.10. The molecule has 7 heteroatoms. The van der Waals surface area contributed by atoms with Crippen molar-refractivity contribution in [3.05, 3.63) is 52.8 Å². The number of rotatable bonds is 6. The Morgan fingerprint density at radius 3 is 2.42 bits per heavy atom. The van der Waals surface area contributed by atoms with E-state index in [1.165, 1.54) is 12.1 Å². The topological polar surface area (TPSA) is 46.9 Å². The molecule has 0 fully saturated rings. The number of alkyl halides is 3. The third kappa shape index (κ3) is 5.11. The van der Waals surface area contributed by atoms with Gasteiger partial charge in [-0.1, -0.05) is 12.1 Å². The zero-order chi connectivity index (χ0) is 17.7. The molecule has 0 saturated heterocycles. The van der Waals surface area contributed by atoms with Gasteiger partial charge in [0.15, 0.2) is 0 Å². The molecular formula is C17H20F3N3O. The Morgan fingerprint density at radius 2 is 1.88 bits per heavy atom. The van der Waals surface area contributed by atoms with E-state index in [4.69, 9.17) is 0 Å². The van der Waals surface area contributed by atoms with Gasteiger partial charge in [0.2, 0.25) is 5.91 Å². The van der Waals surface area contributed by atoms with Crippen LogP contribution >= 0.6 is 0 Å². The number of aromatic nitrogens is 2. The summed E-state index contributed by atoms with van der Waals surface area (Å²) in [6.45, 7) is 5.11. The number of hydrogen-bond donors (Lipinski definition) is 1. The van der Waals surface area contributed by atoms with E-state index in [0.717, 1.165) is 29.9 Å². The molecule has 2 rings (SSSR count). The molecule has 1 heterocycles. The average Bonchev–Trinajstić information content (AvgIpc) is 2.81. The molecule has 0 aliphatic rings. The lowest BCUT2D eigenvalue weighted by Gasteiger charge is -2.09. The minimum absolute atomic E-state index is 0.0675. The summed E-state index contributed by atoms with van der Waals surface area (Å²) in [6, 6.07) is 6.64. The first kappa shape index (κ1) is 18.0. The lowest BCUT2D eigenvalue weighted by molar-refractivity contribution is -0.137. The van der Waals surface area contributed by atoms with E-state index in [2.05, 4.69) is 10.4 Å². The first-order chi connectivity index (χ1) is 11.3. The maximum Gasteiger partial charge on any atom is 0.416 e. The average molecular weight is 339 g/mol. The van der Waals surface area contributed by atoms with Gasteiger partial charge in [0.1, 0.15) is 0 Å². The summed E-state index contributed by atoms with van der Waals surface area (Å²) >= 11 is 0. The zero-order valence-electron chi connectivity index (χ0n) is 13.7. The van der Waals surface area contributed by atoms with Crippen LogP contribution in [0.15, 0.2) is 30.3 Å². The Hall–Kier alpha value is -2.31. The van der Waals surface area contributed by atoms with E-state index in [-0.39, 0.29) is 12.3 Å². The standard InChI is InChI=1S/C17H20F3N3O/c1-12-10-13(2)23(22-12)9-3-8-21-16(24)11-14-4-6-15(7-5-14)17(18,19)20/h4-7,10H,3,8-9,11H2,1-2H3,(H,21,24). The molecule has 0 bridgehead atoms. The third-order valence-electron chi connectivity index (χ3n) is 3.62. The van der Waals surface area contributed by atoms with E-state index in [9.17, 15) is 18.0 Å². The fraction of sp³-hybridized carbons (Fsp3) is 0.412. The Kier molecular flexibility index (Phi) is 5.64. The van der Waals surface area contributed by atoms with Crippen LogP contribution in [-0.2, 0) is 23.9 Å². The van der Waals surface area contributed by atoms with Crippen molar-refractivity contribution in [2.75, 3.05) is 6.54 Å². The Bertz CT molecular complexity index is 690. The minimum Gasteiger partial charge on any atom is -0.356 e. The summed E-state index contributed by atoms with van der Waals surface area (Å²) in [7, 11) is 0. The summed E-state index contributed by atoms with van der Waals surface area (Å²) in [4.78, 5) is 11.8. The summed E-state index contributed by atoms with van der Waals surface area (Å²) in [5.74, 6) is -0.205. The smallest absolute Gasteiger partial charge is 0.356 e. The van der Waals surface area contributed by atoms with Gasteiger partial charge in [-0.2, -0.15) is 18.3 Å². The number of benzene rings is 1. The molecule has 130 valence electrons. The van der Waals surface area contributed by atoms with E-state index in [1.54, 1.807) is 0 Å². The predicted molar refractivity (Wildman–Crippen MR) is 84.5 cm³/mol. The largest absolute Gasteiger partial charge is 0.416 e. The van der Waals surface area contributed by atoms with Crippen LogP contribution in [0.25, 0.3) is 0 Å². The molecular weight excluding hydrogens is 319 g/mol. The van der Waals surface area contributed by atoms with Gasteiger partial charge < -0.3 is 5.32 Å². The van der Waals surface area contributed by atoms with Crippen LogP contribution in [0.3, 0.4) is 0 Å². The Morgan fingerprint density at radius 1 is 1.21 bits per heavy atom. The van der Waals surface area contributed by atoms with Gasteiger partial charge in [0, 0.05) is 18.8 Å². The predicted octanol–water partition coefficient (Wildman–Crippen LogP) is 3.27. The van der Waals surface area contributed by atoms with Crippen molar-refractivity contribution in [1.29, 1.82) is 0 Å². The lowest BCUT2D eigenvalue weighted by Crippen LogP contribution is -2.27. The normalized spacial score (nSPS) is 11.5. The van der Waals surface area contributed by atoms with Crippen LogP contribution in [-0.4, -0.2) is 22.2 Å². The zero-order valence-corrected chi connectivity index (χ0v) is 13.7. The fourth-order valence-electron chi connectivity index (χ4n) is 2.42. The quantitative estimate of drug-likeness (QED) is 0.821. The number of carbonyl (C=O) groups is 1. The van der Waals surface area contributed by atoms with Gasteiger partial charge in [-0.25, -0.2) is 0 Å². The first-order valence-corrected chi connectivity index (χ1v) is 7.69. The second kappa shape index (κ2) is 7.51. The first-order valence-electron chi connectivity index (χ1n) is 7.69. The molecule has 0 atom stereocenters. The van der Waals surface area contributed by atoms with E-state index >= 15 is 0 Å². The molecule has 1 amide bonds. The highest BCUT2D eigenvalue weighted by Gasteiger charge is 2.29. The number of nitrogens with zero attached hydrogens (tertiary/aromatic N) is 2. The monoisotopic (exact) mass is 339 g/mol. The fourth-order valence-corrected chi connectivity index (χ4v) is 2.42. The number of halogens is 3. The highest BCUT2D eigenvalue weighted by atomic mass is 19.4. The molecule has 1 aromatic heterocycles. The molecule has 24 heavy (non-hydrogen) atoms. The van der Waals surface area contributed by atoms with E-state index in [0.29, 0.717) is 18.7 Å². The summed E-state index contributed by atoms with van der Waals surface area (Å²) in [5.41, 5.74) is 1.87. The van der Waals surface area contributed by atoms with Gasteiger partial charge in [0.05, 0.1) is 17.7 Å². The Balaban J connectivity index is 1.74. The lowest BCUT2D eigenvalue weighted by atomic mass is 10.1. The molecule has 0 aliphatic carbocycles. The maximum absolute atomic E-state index is 12.5. The van der Waals surface area contributed by atoms with Crippen LogP contribution in [0.1, 0.15) is 28.9 Å². The third-order valence-corrected chi connectivity index (χ3v) is 3.62. The van der Waals surface area contributed by atoms with Crippen LogP contribution in [0.4, 0.5) is 13.2 Å². The van der Waals surface area contributed by atoms with E-state index < -0.39 is 11.7 Å². The molecule has 1 N–H and O–H groups in total. The molecule has 0 aliphatic heterocycles. The van der Waals surface area contributed by atoms with Crippen molar-refractivity contribution >= 4 is 5.91 Å².